The minimum atomic E-state index is -0.556. The monoisotopic (exact) mass is 296 g/mol. The summed E-state index contributed by atoms with van der Waals surface area (Å²) in [6.45, 7) is 8.66. The third-order valence-electron chi connectivity index (χ3n) is 5.24. The Labute approximate surface area is 129 Å². The van der Waals surface area contributed by atoms with Gasteiger partial charge in [0.15, 0.2) is 0 Å². The van der Waals surface area contributed by atoms with E-state index in [1.807, 2.05) is 6.92 Å². The summed E-state index contributed by atoms with van der Waals surface area (Å²) in [6, 6.07) is 1.14. The van der Waals surface area contributed by atoms with E-state index < -0.39 is 5.54 Å². The average Bonchev–Trinajstić information content (AvgIpc) is 3.28. The summed E-state index contributed by atoms with van der Waals surface area (Å²) in [4.78, 5) is 16.7. The normalized spacial score (nSPS) is 24.2. The molecule has 0 aromatic rings. The van der Waals surface area contributed by atoms with Crippen LogP contribution in [0.5, 0.6) is 0 Å². The van der Waals surface area contributed by atoms with Crippen molar-refractivity contribution in [3.63, 3.8) is 0 Å². The Morgan fingerprint density at radius 1 is 1.33 bits per heavy atom. The molecule has 0 aromatic heterocycles. The van der Waals surface area contributed by atoms with Gasteiger partial charge >= 0.3 is 0 Å². The molecule has 2 aliphatic rings. The van der Waals surface area contributed by atoms with Crippen molar-refractivity contribution in [1.29, 1.82) is 0 Å². The molecular formula is C16H32N4O. The molecule has 5 nitrogen and oxygen atoms in total. The molecule has 21 heavy (non-hydrogen) atoms. The first kappa shape index (κ1) is 16.7. The lowest BCUT2D eigenvalue weighted by molar-refractivity contribution is -0.124. The fraction of sp³-hybridized carbons (Fsp3) is 0.938. The van der Waals surface area contributed by atoms with E-state index >= 15 is 0 Å². The van der Waals surface area contributed by atoms with Gasteiger partial charge < -0.3 is 20.9 Å². The van der Waals surface area contributed by atoms with Crippen LogP contribution in [0.25, 0.3) is 0 Å². The van der Waals surface area contributed by atoms with Crippen molar-refractivity contribution in [2.24, 2.45) is 5.73 Å². The minimum absolute atomic E-state index is 0.219. The topological polar surface area (TPSA) is 61.6 Å². The summed E-state index contributed by atoms with van der Waals surface area (Å²) in [6.07, 6.45) is 5.60. The van der Waals surface area contributed by atoms with E-state index in [1.165, 1.54) is 38.8 Å². The molecule has 3 N–H and O–H groups in total. The second kappa shape index (κ2) is 7.07. The number of primary amides is 1. The molecule has 1 saturated carbocycles. The lowest BCUT2D eigenvalue weighted by Gasteiger charge is -2.38. The molecule has 1 aliphatic heterocycles. The molecule has 2 rings (SSSR count). The molecule has 5 heteroatoms. The average molecular weight is 296 g/mol. The number of carbonyl (C=O) groups excluding carboxylic acids is 1. The maximum absolute atomic E-state index is 11.8. The van der Waals surface area contributed by atoms with Gasteiger partial charge in [0.25, 0.3) is 0 Å². The van der Waals surface area contributed by atoms with Crippen molar-refractivity contribution < 1.29 is 4.79 Å². The highest BCUT2D eigenvalue weighted by atomic mass is 16.1. The number of likely N-dealkylation sites (tertiary alicyclic amines) is 1. The number of amides is 1. The van der Waals surface area contributed by atoms with E-state index in [-0.39, 0.29) is 5.91 Å². The first-order chi connectivity index (χ1) is 9.94. The smallest absolute Gasteiger partial charge is 0.237 e. The number of hydrogen-bond donors (Lipinski definition) is 2. The molecule has 0 radical (unpaired) electrons. The Bertz CT molecular complexity index is 350. The predicted octanol–water partition coefficient (Wildman–Crippen LogP) is 0.789. The van der Waals surface area contributed by atoms with Gasteiger partial charge in [-0.25, -0.2) is 0 Å². The number of nitrogens with zero attached hydrogens (tertiary/aromatic N) is 2. The van der Waals surface area contributed by atoms with Gasteiger partial charge in [0.1, 0.15) is 0 Å². The molecule has 2 fully saturated rings. The molecule has 122 valence electrons. The third-order valence-corrected chi connectivity index (χ3v) is 5.24. The van der Waals surface area contributed by atoms with Gasteiger partial charge in [-0.05, 0) is 65.7 Å². The largest absolute Gasteiger partial charge is 0.368 e. The number of rotatable bonds is 8. The van der Waals surface area contributed by atoms with Crippen LogP contribution in [-0.4, -0.2) is 66.6 Å². The zero-order chi connectivity index (χ0) is 15.5. The zero-order valence-electron chi connectivity index (χ0n) is 13.9. The van der Waals surface area contributed by atoms with Crippen molar-refractivity contribution in [1.82, 2.24) is 15.1 Å². The molecule has 1 unspecified atom stereocenters. The predicted molar refractivity (Wildman–Crippen MR) is 86.1 cm³/mol. The first-order valence-corrected chi connectivity index (χ1v) is 8.45. The summed E-state index contributed by atoms with van der Waals surface area (Å²) in [7, 11) is 2.19. The number of nitrogens with one attached hydrogen (secondary N) is 1. The molecule has 1 heterocycles. The Kier molecular flexibility index (Phi) is 5.63. The van der Waals surface area contributed by atoms with Crippen LogP contribution in [0.2, 0.25) is 0 Å². The van der Waals surface area contributed by atoms with Crippen LogP contribution in [-0.2, 0) is 4.79 Å². The van der Waals surface area contributed by atoms with Gasteiger partial charge in [0, 0.05) is 18.6 Å². The van der Waals surface area contributed by atoms with Gasteiger partial charge in [0.05, 0.1) is 5.54 Å². The van der Waals surface area contributed by atoms with Gasteiger partial charge in [-0.2, -0.15) is 0 Å². The van der Waals surface area contributed by atoms with E-state index in [1.54, 1.807) is 0 Å². The Morgan fingerprint density at radius 2 is 1.95 bits per heavy atom. The van der Waals surface area contributed by atoms with Crippen LogP contribution in [0.3, 0.4) is 0 Å². The molecule has 1 amide bonds. The summed E-state index contributed by atoms with van der Waals surface area (Å²) in [5.74, 6) is -0.219. The van der Waals surface area contributed by atoms with Crippen LogP contribution >= 0.6 is 0 Å². The fourth-order valence-electron chi connectivity index (χ4n) is 3.20. The highest BCUT2D eigenvalue weighted by molar-refractivity contribution is 5.84. The van der Waals surface area contributed by atoms with Crippen molar-refractivity contribution in [3.8, 4) is 0 Å². The lowest BCUT2D eigenvalue weighted by atomic mass is 9.95. The first-order valence-electron chi connectivity index (χ1n) is 8.45. The lowest BCUT2D eigenvalue weighted by Crippen LogP contribution is -2.56. The minimum Gasteiger partial charge on any atom is -0.368 e. The van der Waals surface area contributed by atoms with Gasteiger partial charge in [-0.1, -0.05) is 6.92 Å². The molecule has 1 aliphatic carbocycles. The van der Waals surface area contributed by atoms with Crippen molar-refractivity contribution >= 4 is 5.91 Å². The Morgan fingerprint density at radius 3 is 2.43 bits per heavy atom. The zero-order valence-corrected chi connectivity index (χ0v) is 13.9. The van der Waals surface area contributed by atoms with Crippen LogP contribution in [0.4, 0.5) is 0 Å². The second-order valence-corrected chi connectivity index (χ2v) is 7.01. The van der Waals surface area contributed by atoms with Crippen molar-refractivity contribution in [3.05, 3.63) is 0 Å². The molecule has 1 atom stereocenters. The molecule has 0 spiro atoms. The van der Waals surface area contributed by atoms with E-state index in [0.717, 1.165) is 19.5 Å². The van der Waals surface area contributed by atoms with Gasteiger partial charge in [-0.15, -0.1) is 0 Å². The van der Waals surface area contributed by atoms with Gasteiger partial charge in [-0.3, -0.25) is 4.79 Å². The van der Waals surface area contributed by atoms with E-state index in [9.17, 15) is 4.79 Å². The number of piperidine rings is 1. The van der Waals surface area contributed by atoms with Crippen molar-refractivity contribution in [2.75, 3.05) is 33.2 Å². The summed E-state index contributed by atoms with van der Waals surface area (Å²) in [5.41, 5.74) is 5.07. The Hall–Kier alpha value is -0.650. The van der Waals surface area contributed by atoms with E-state index in [4.69, 9.17) is 5.73 Å². The molecular weight excluding hydrogens is 264 g/mol. The highest BCUT2D eigenvalue weighted by Gasteiger charge is 2.37. The molecule has 0 aromatic carbocycles. The Balaban J connectivity index is 1.78. The summed E-state index contributed by atoms with van der Waals surface area (Å²) in [5, 5.41) is 3.43. The van der Waals surface area contributed by atoms with Crippen molar-refractivity contribution in [2.45, 2.75) is 63.6 Å². The van der Waals surface area contributed by atoms with E-state index in [2.05, 4.69) is 29.1 Å². The van der Waals surface area contributed by atoms with Crippen LogP contribution < -0.4 is 11.1 Å². The number of nitrogens with two attached hydrogens (primary N) is 1. The van der Waals surface area contributed by atoms with Crippen LogP contribution in [0.1, 0.15) is 46.0 Å². The maximum atomic E-state index is 11.8. The third kappa shape index (κ3) is 4.66. The highest BCUT2D eigenvalue weighted by Crippen LogP contribution is 2.24. The fourth-order valence-corrected chi connectivity index (χ4v) is 3.20. The summed E-state index contributed by atoms with van der Waals surface area (Å²) < 4.78 is 0. The maximum Gasteiger partial charge on any atom is 0.237 e. The van der Waals surface area contributed by atoms with Gasteiger partial charge in [0.2, 0.25) is 5.91 Å². The molecule has 0 bridgehead atoms. The second-order valence-electron chi connectivity index (χ2n) is 7.01. The van der Waals surface area contributed by atoms with Crippen LogP contribution in [0.15, 0.2) is 0 Å². The summed E-state index contributed by atoms with van der Waals surface area (Å²) >= 11 is 0. The van der Waals surface area contributed by atoms with E-state index in [0.29, 0.717) is 12.1 Å². The SMILES string of the molecule is CCN1CCC(N(C)CCC(C)(NC2CC2)C(N)=O)CC1. The van der Waals surface area contributed by atoms with Crippen LogP contribution in [0, 0.1) is 0 Å². The number of hydrogen-bond acceptors (Lipinski definition) is 4. The molecule has 1 saturated heterocycles. The quantitative estimate of drug-likeness (QED) is 0.695. The standard InChI is InChI=1S/C16H32N4O/c1-4-20-10-7-14(8-11-20)19(3)12-9-16(2,15(17)21)18-13-5-6-13/h13-14,18H,4-12H2,1-3H3,(H2,17,21). The number of carbonyl (C=O) groups is 1.